The molecule has 192 valence electrons. The number of H-pyrrole nitrogens is 1. The molecule has 0 spiro atoms. The molecule has 1 atom stereocenters. The highest BCUT2D eigenvalue weighted by Crippen LogP contribution is 2.32. The summed E-state index contributed by atoms with van der Waals surface area (Å²) < 4.78 is 20.9. The largest absolute Gasteiger partial charge is 0.453 e. The number of aryl methyl sites for hydroxylation is 1. The van der Waals surface area contributed by atoms with E-state index in [0.29, 0.717) is 36.5 Å². The summed E-state index contributed by atoms with van der Waals surface area (Å²) in [4.78, 5) is 24.8. The Hall–Kier alpha value is -3.75. The molecule has 0 bridgehead atoms. The zero-order valence-electron chi connectivity index (χ0n) is 21.0. The van der Waals surface area contributed by atoms with Gasteiger partial charge in [-0.1, -0.05) is 36.4 Å². The van der Waals surface area contributed by atoms with E-state index in [4.69, 9.17) is 10.5 Å². The van der Waals surface area contributed by atoms with Crippen LogP contribution in [0.3, 0.4) is 0 Å². The summed E-state index contributed by atoms with van der Waals surface area (Å²) in [6.07, 6.45) is 3.85. The number of amides is 1. The highest BCUT2D eigenvalue weighted by atomic mass is 19.1. The van der Waals surface area contributed by atoms with Crippen molar-refractivity contribution in [3.63, 3.8) is 0 Å². The van der Waals surface area contributed by atoms with Gasteiger partial charge in [-0.05, 0) is 48.2 Å². The average molecular weight is 502 g/mol. The first-order chi connectivity index (χ1) is 18.0. The molecular formula is C29H32FN5O2. The Kier molecular flexibility index (Phi) is 7.48. The Morgan fingerprint density at radius 3 is 2.59 bits per heavy atom. The number of piperazine rings is 1. The lowest BCUT2D eigenvalue weighted by Gasteiger charge is -2.36. The number of hydrogen-bond donors (Lipinski definition) is 2. The quantitative estimate of drug-likeness (QED) is 0.377. The number of fused-ring (bicyclic) bond motifs is 1. The third kappa shape index (κ3) is 5.65. The molecule has 1 saturated heterocycles. The summed E-state index contributed by atoms with van der Waals surface area (Å²) in [7, 11) is 0. The SMILES string of the molecule is Cc1c[nH]c2nccc(Oc3ccc(C[C@@H](CN)C(=O)N4CCN(Cc5ccccc5)CC4)cc3F)c12. The molecule has 3 heterocycles. The zero-order chi connectivity index (χ0) is 25.8. The van der Waals surface area contributed by atoms with Crippen molar-refractivity contribution >= 4 is 16.9 Å². The molecule has 5 rings (SSSR count). The summed E-state index contributed by atoms with van der Waals surface area (Å²) in [6.45, 7) is 6.02. The molecular weight excluding hydrogens is 469 g/mol. The van der Waals surface area contributed by atoms with Crippen molar-refractivity contribution in [2.75, 3.05) is 32.7 Å². The van der Waals surface area contributed by atoms with Crippen molar-refractivity contribution in [2.45, 2.75) is 19.9 Å². The number of benzene rings is 2. The number of rotatable bonds is 8. The van der Waals surface area contributed by atoms with E-state index in [1.54, 1.807) is 24.4 Å². The number of halogens is 1. The van der Waals surface area contributed by atoms with Gasteiger partial charge in [-0.25, -0.2) is 9.37 Å². The average Bonchev–Trinajstić information content (AvgIpc) is 3.31. The van der Waals surface area contributed by atoms with Crippen LogP contribution in [0.4, 0.5) is 4.39 Å². The van der Waals surface area contributed by atoms with Gasteiger partial charge in [0.05, 0.1) is 11.3 Å². The van der Waals surface area contributed by atoms with Gasteiger partial charge in [-0.15, -0.1) is 0 Å². The number of ether oxygens (including phenoxy) is 1. The normalized spacial score (nSPS) is 15.2. The maximum atomic E-state index is 15.0. The van der Waals surface area contributed by atoms with E-state index < -0.39 is 11.7 Å². The fourth-order valence-corrected chi connectivity index (χ4v) is 4.92. The summed E-state index contributed by atoms with van der Waals surface area (Å²) in [5.74, 6) is -0.175. The molecule has 0 aliphatic carbocycles. The second-order valence-electron chi connectivity index (χ2n) is 9.60. The molecule has 37 heavy (non-hydrogen) atoms. The lowest BCUT2D eigenvalue weighted by molar-refractivity contribution is -0.137. The van der Waals surface area contributed by atoms with E-state index in [2.05, 4.69) is 27.0 Å². The Bertz CT molecular complexity index is 1370. The molecule has 2 aromatic heterocycles. The summed E-state index contributed by atoms with van der Waals surface area (Å²) in [5.41, 5.74) is 9.65. The van der Waals surface area contributed by atoms with Crippen molar-refractivity contribution < 1.29 is 13.9 Å². The van der Waals surface area contributed by atoms with Crippen LogP contribution in [0.2, 0.25) is 0 Å². The van der Waals surface area contributed by atoms with Gasteiger partial charge in [0, 0.05) is 51.7 Å². The van der Waals surface area contributed by atoms with Crippen molar-refractivity contribution in [2.24, 2.45) is 11.7 Å². The Morgan fingerprint density at radius 1 is 1.08 bits per heavy atom. The van der Waals surface area contributed by atoms with E-state index in [1.807, 2.05) is 36.2 Å². The lowest BCUT2D eigenvalue weighted by atomic mass is 9.97. The molecule has 3 N–H and O–H groups in total. The summed E-state index contributed by atoms with van der Waals surface area (Å²) in [6, 6.07) is 16.9. The number of pyridine rings is 1. The van der Waals surface area contributed by atoms with E-state index in [1.165, 1.54) is 11.6 Å². The van der Waals surface area contributed by atoms with Crippen LogP contribution in [0.15, 0.2) is 67.0 Å². The molecule has 7 nitrogen and oxygen atoms in total. The van der Waals surface area contributed by atoms with Crippen LogP contribution in [0.25, 0.3) is 11.0 Å². The minimum atomic E-state index is -0.478. The van der Waals surface area contributed by atoms with Crippen LogP contribution in [0.1, 0.15) is 16.7 Å². The van der Waals surface area contributed by atoms with Gasteiger partial charge in [0.1, 0.15) is 11.4 Å². The van der Waals surface area contributed by atoms with Crippen molar-refractivity contribution in [1.29, 1.82) is 0 Å². The monoisotopic (exact) mass is 501 g/mol. The second kappa shape index (κ2) is 11.1. The smallest absolute Gasteiger partial charge is 0.227 e. The number of hydrogen-bond acceptors (Lipinski definition) is 5. The fraction of sp³-hybridized carbons (Fsp3) is 0.310. The number of carbonyl (C=O) groups excluding carboxylic acids is 1. The zero-order valence-corrected chi connectivity index (χ0v) is 21.0. The summed E-state index contributed by atoms with van der Waals surface area (Å²) >= 11 is 0. The predicted octanol–water partition coefficient (Wildman–Crippen LogP) is 4.26. The van der Waals surface area contributed by atoms with Crippen molar-refractivity contribution in [3.05, 3.63) is 89.5 Å². The van der Waals surface area contributed by atoms with Crippen LogP contribution in [-0.4, -0.2) is 58.4 Å². The van der Waals surface area contributed by atoms with Crippen LogP contribution >= 0.6 is 0 Å². The first kappa shape index (κ1) is 24.9. The molecule has 0 saturated carbocycles. The standard InChI is InChI=1S/C29H32FN5O2/c1-20-18-33-28-27(20)26(9-10-32-28)37-25-8-7-22(16-24(25)30)15-23(17-31)29(36)35-13-11-34(12-14-35)19-21-5-3-2-4-6-21/h2-10,16,18,23H,11-15,17,19,31H2,1H3,(H,32,33)/t23-/m0/s1. The third-order valence-electron chi connectivity index (χ3n) is 7.00. The molecule has 4 aromatic rings. The lowest BCUT2D eigenvalue weighted by Crippen LogP contribution is -2.51. The van der Waals surface area contributed by atoms with Crippen molar-refractivity contribution in [1.82, 2.24) is 19.8 Å². The van der Waals surface area contributed by atoms with E-state index >= 15 is 4.39 Å². The molecule has 0 radical (unpaired) electrons. The predicted molar refractivity (Wildman–Crippen MR) is 142 cm³/mol. The molecule has 2 aromatic carbocycles. The number of nitrogens with one attached hydrogen (secondary N) is 1. The minimum Gasteiger partial charge on any atom is -0.453 e. The molecule has 1 amide bonds. The van der Waals surface area contributed by atoms with Crippen LogP contribution in [-0.2, 0) is 17.8 Å². The molecule has 1 aliphatic heterocycles. The van der Waals surface area contributed by atoms with Gasteiger partial charge in [0.2, 0.25) is 5.91 Å². The maximum Gasteiger partial charge on any atom is 0.227 e. The van der Waals surface area contributed by atoms with Crippen LogP contribution in [0, 0.1) is 18.7 Å². The van der Waals surface area contributed by atoms with Gasteiger partial charge in [-0.2, -0.15) is 0 Å². The van der Waals surface area contributed by atoms with E-state index in [0.717, 1.165) is 30.6 Å². The number of carbonyl (C=O) groups is 1. The second-order valence-corrected chi connectivity index (χ2v) is 9.60. The summed E-state index contributed by atoms with van der Waals surface area (Å²) in [5, 5.41) is 0.823. The van der Waals surface area contributed by atoms with Gasteiger partial charge >= 0.3 is 0 Å². The third-order valence-corrected chi connectivity index (χ3v) is 7.00. The number of nitrogens with two attached hydrogens (primary N) is 1. The van der Waals surface area contributed by atoms with Gasteiger partial charge < -0.3 is 20.4 Å². The molecule has 1 aliphatic rings. The maximum absolute atomic E-state index is 15.0. The van der Waals surface area contributed by atoms with E-state index in [9.17, 15) is 4.79 Å². The topological polar surface area (TPSA) is 87.5 Å². The Morgan fingerprint density at radius 2 is 1.86 bits per heavy atom. The molecule has 8 heteroatoms. The van der Waals surface area contributed by atoms with Crippen LogP contribution < -0.4 is 10.5 Å². The van der Waals surface area contributed by atoms with Gasteiger partial charge in [0.15, 0.2) is 11.6 Å². The molecule has 1 fully saturated rings. The number of aromatic amines is 1. The van der Waals surface area contributed by atoms with Crippen LogP contribution in [0.5, 0.6) is 11.5 Å². The fourth-order valence-electron chi connectivity index (χ4n) is 4.92. The highest BCUT2D eigenvalue weighted by molar-refractivity contribution is 5.86. The number of nitrogens with zero attached hydrogens (tertiary/aromatic N) is 3. The first-order valence-corrected chi connectivity index (χ1v) is 12.7. The number of aromatic nitrogens is 2. The Balaban J connectivity index is 1.20. The first-order valence-electron chi connectivity index (χ1n) is 12.7. The minimum absolute atomic E-state index is 0.0321. The Labute approximate surface area is 216 Å². The van der Waals surface area contributed by atoms with Gasteiger partial charge in [-0.3, -0.25) is 9.69 Å². The van der Waals surface area contributed by atoms with E-state index in [-0.39, 0.29) is 18.2 Å². The van der Waals surface area contributed by atoms with Gasteiger partial charge in [0.25, 0.3) is 0 Å². The van der Waals surface area contributed by atoms with Crippen molar-refractivity contribution in [3.8, 4) is 11.5 Å². The molecule has 0 unspecified atom stereocenters. The highest BCUT2D eigenvalue weighted by Gasteiger charge is 2.27.